The maximum absolute atomic E-state index is 5.72. The Balaban J connectivity index is 2.16. The molecule has 0 atom stereocenters. The van der Waals surface area contributed by atoms with Gasteiger partial charge in [0.25, 0.3) is 0 Å². The molecule has 0 aliphatic carbocycles. The van der Waals surface area contributed by atoms with Gasteiger partial charge in [0.15, 0.2) is 0 Å². The number of fused-ring (bicyclic) bond motifs is 1. The molecule has 0 saturated heterocycles. The van der Waals surface area contributed by atoms with Crippen molar-refractivity contribution < 1.29 is 0 Å². The lowest BCUT2D eigenvalue weighted by atomic mass is 10.2. The van der Waals surface area contributed by atoms with E-state index in [0.29, 0.717) is 6.54 Å². The summed E-state index contributed by atoms with van der Waals surface area (Å²) in [6.45, 7) is 3.60. The van der Waals surface area contributed by atoms with Crippen molar-refractivity contribution >= 4 is 22.8 Å². The standard InChI is InChI=1S/C17H19N3S/c1-3-20-16-9-4-12(11-18)10-15(16)19-17(20)13-5-7-14(21-2)8-6-13/h4-10H,3,11,18H2,1-2H3. The van der Waals surface area contributed by atoms with E-state index in [4.69, 9.17) is 10.7 Å². The van der Waals surface area contributed by atoms with Crippen LogP contribution in [-0.2, 0) is 13.1 Å². The zero-order chi connectivity index (χ0) is 14.8. The van der Waals surface area contributed by atoms with Crippen molar-refractivity contribution in [1.29, 1.82) is 0 Å². The second-order valence-corrected chi connectivity index (χ2v) is 5.82. The molecule has 3 nitrogen and oxygen atoms in total. The minimum atomic E-state index is 0.548. The van der Waals surface area contributed by atoms with Crippen molar-refractivity contribution in [2.24, 2.45) is 5.73 Å². The maximum Gasteiger partial charge on any atom is 0.141 e. The Kier molecular flexibility index (Phi) is 3.99. The van der Waals surface area contributed by atoms with E-state index < -0.39 is 0 Å². The highest BCUT2D eigenvalue weighted by Gasteiger charge is 2.11. The van der Waals surface area contributed by atoms with E-state index in [0.717, 1.165) is 29.0 Å². The quantitative estimate of drug-likeness (QED) is 0.743. The van der Waals surface area contributed by atoms with Gasteiger partial charge >= 0.3 is 0 Å². The number of aromatic nitrogens is 2. The Bertz CT molecular complexity index is 760. The van der Waals surface area contributed by atoms with Crippen LogP contribution < -0.4 is 5.73 Å². The Labute approximate surface area is 129 Å². The smallest absolute Gasteiger partial charge is 0.141 e. The molecule has 4 heteroatoms. The predicted molar refractivity (Wildman–Crippen MR) is 90.5 cm³/mol. The van der Waals surface area contributed by atoms with Gasteiger partial charge in [-0.1, -0.05) is 18.2 Å². The topological polar surface area (TPSA) is 43.8 Å². The molecular weight excluding hydrogens is 278 g/mol. The molecule has 21 heavy (non-hydrogen) atoms. The van der Waals surface area contributed by atoms with Crippen molar-refractivity contribution in [3.05, 3.63) is 48.0 Å². The molecule has 0 spiro atoms. The average Bonchev–Trinajstić information content (AvgIpc) is 2.92. The molecule has 2 N–H and O–H groups in total. The van der Waals surface area contributed by atoms with Crippen LogP contribution >= 0.6 is 11.8 Å². The van der Waals surface area contributed by atoms with Crippen LogP contribution in [0.15, 0.2) is 47.4 Å². The van der Waals surface area contributed by atoms with E-state index in [1.807, 2.05) is 0 Å². The van der Waals surface area contributed by atoms with Crippen molar-refractivity contribution in [3.63, 3.8) is 0 Å². The monoisotopic (exact) mass is 297 g/mol. The van der Waals surface area contributed by atoms with Gasteiger partial charge in [0, 0.05) is 23.5 Å². The highest BCUT2D eigenvalue weighted by Crippen LogP contribution is 2.27. The van der Waals surface area contributed by atoms with Crippen LogP contribution in [0.4, 0.5) is 0 Å². The Morgan fingerprint density at radius 2 is 1.90 bits per heavy atom. The van der Waals surface area contributed by atoms with Gasteiger partial charge in [-0.15, -0.1) is 11.8 Å². The molecule has 108 valence electrons. The fourth-order valence-corrected chi connectivity index (χ4v) is 2.99. The van der Waals surface area contributed by atoms with Crippen LogP contribution in [0, 0.1) is 0 Å². The molecule has 2 aromatic carbocycles. The summed E-state index contributed by atoms with van der Waals surface area (Å²) in [7, 11) is 0. The van der Waals surface area contributed by atoms with Crippen LogP contribution in [0.1, 0.15) is 12.5 Å². The number of nitrogens with zero attached hydrogens (tertiary/aromatic N) is 2. The normalized spacial score (nSPS) is 11.2. The lowest BCUT2D eigenvalue weighted by molar-refractivity contribution is 0.796. The number of rotatable bonds is 4. The summed E-state index contributed by atoms with van der Waals surface area (Å²) in [5.41, 5.74) is 10.2. The average molecular weight is 297 g/mol. The number of hydrogen-bond acceptors (Lipinski definition) is 3. The van der Waals surface area contributed by atoms with Gasteiger partial charge in [-0.3, -0.25) is 0 Å². The largest absolute Gasteiger partial charge is 0.326 e. The van der Waals surface area contributed by atoms with Gasteiger partial charge in [0.05, 0.1) is 11.0 Å². The number of aryl methyl sites for hydroxylation is 1. The number of hydrogen-bond donors (Lipinski definition) is 1. The van der Waals surface area contributed by atoms with Crippen LogP contribution in [0.25, 0.3) is 22.4 Å². The van der Waals surface area contributed by atoms with E-state index in [1.54, 1.807) is 11.8 Å². The Morgan fingerprint density at radius 1 is 1.14 bits per heavy atom. The highest BCUT2D eigenvalue weighted by molar-refractivity contribution is 7.98. The molecule has 1 aromatic heterocycles. The van der Waals surface area contributed by atoms with Gasteiger partial charge in [-0.05, 0) is 43.0 Å². The first-order valence-corrected chi connectivity index (χ1v) is 8.33. The van der Waals surface area contributed by atoms with Gasteiger partial charge in [-0.2, -0.15) is 0 Å². The van der Waals surface area contributed by atoms with Crippen LogP contribution in [0.2, 0.25) is 0 Å². The number of imidazole rings is 1. The highest BCUT2D eigenvalue weighted by atomic mass is 32.2. The summed E-state index contributed by atoms with van der Waals surface area (Å²) in [4.78, 5) is 6.09. The SMILES string of the molecule is CCn1c(-c2ccc(SC)cc2)nc2cc(CN)ccc21. The van der Waals surface area contributed by atoms with E-state index in [1.165, 1.54) is 10.4 Å². The summed E-state index contributed by atoms with van der Waals surface area (Å²) in [5, 5.41) is 0. The molecule has 0 unspecified atom stereocenters. The van der Waals surface area contributed by atoms with E-state index >= 15 is 0 Å². The molecule has 0 fully saturated rings. The number of benzene rings is 2. The first kappa shape index (κ1) is 14.2. The zero-order valence-corrected chi connectivity index (χ0v) is 13.2. The molecule has 3 aromatic rings. The van der Waals surface area contributed by atoms with E-state index in [9.17, 15) is 0 Å². The maximum atomic E-state index is 5.72. The second kappa shape index (κ2) is 5.92. The van der Waals surface area contributed by atoms with Crippen molar-refractivity contribution in [2.75, 3.05) is 6.26 Å². The van der Waals surface area contributed by atoms with Crippen LogP contribution in [-0.4, -0.2) is 15.8 Å². The predicted octanol–water partition coefficient (Wildman–Crippen LogP) is 3.90. The molecule has 1 heterocycles. The number of thioether (sulfide) groups is 1. The van der Waals surface area contributed by atoms with Gasteiger partial charge < -0.3 is 10.3 Å². The Hall–Kier alpha value is -1.78. The molecular formula is C17H19N3S. The summed E-state index contributed by atoms with van der Waals surface area (Å²) >= 11 is 1.75. The number of nitrogens with two attached hydrogens (primary N) is 1. The minimum absolute atomic E-state index is 0.548. The fraction of sp³-hybridized carbons (Fsp3) is 0.235. The molecule has 0 aliphatic rings. The minimum Gasteiger partial charge on any atom is -0.326 e. The lowest BCUT2D eigenvalue weighted by Crippen LogP contribution is -1.98. The molecule has 0 bridgehead atoms. The first-order valence-electron chi connectivity index (χ1n) is 7.10. The molecule has 0 radical (unpaired) electrons. The molecule has 0 aliphatic heterocycles. The first-order chi connectivity index (χ1) is 10.3. The van der Waals surface area contributed by atoms with E-state index in [-0.39, 0.29) is 0 Å². The summed E-state index contributed by atoms with van der Waals surface area (Å²) < 4.78 is 2.25. The van der Waals surface area contributed by atoms with Gasteiger partial charge in [0.2, 0.25) is 0 Å². The van der Waals surface area contributed by atoms with Crippen molar-refractivity contribution in [1.82, 2.24) is 9.55 Å². The zero-order valence-electron chi connectivity index (χ0n) is 12.3. The van der Waals surface area contributed by atoms with Crippen molar-refractivity contribution in [2.45, 2.75) is 24.9 Å². The molecule has 0 saturated carbocycles. The summed E-state index contributed by atoms with van der Waals surface area (Å²) in [6, 6.07) is 14.9. The third kappa shape index (κ3) is 2.57. The lowest BCUT2D eigenvalue weighted by Gasteiger charge is -2.06. The van der Waals surface area contributed by atoms with Crippen molar-refractivity contribution in [3.8, 4) is 11.4 Å². The second-order valence-electron chi connectivity index (χ2n) is 4.94. The van der Waals surface area contributed by atoms with Gasteiger partial charge in [-0.25, -0.2) is 4.98 Å². The molecule has 0 amide bonds. The Morgan fingerprint density at radius 3 is 2.52 bits per heavy atom. The summed E-state index contributed by atoms with van der Waals surface area (Å²) in [5.74, 6) is 1.02. The fourth-order valence-electron chi connectivity index (χ4n) is 2.58. The van der Waals surface area contributed by atoms with Gasteiger partial charge in [0.1, 0.15) is 5.82 Å². The van der Waals surface area contributed by atoms with E-state index in [2.05, 4.69) is 60.2 Å². The molecule has 3 rings (SSSR count). The van der Waals surface area contributed by atoms with Crippen LogP contribution in [0.5, 0.6) is 0 Å². The third-order valence-electron chi connectivity index (χ3n) is 3.71. The summed E-state index contributed by atoms with van der Waals surface area (Å²) in [6.07, 6.45) is 2.09. The third-order valence-corrected chi connectivity index (χ3v) is 4.46. The van der Waals surface area contributed by atoms with Crippen LogP contribution in [0.3, 0.4) is 0 Å².